The predicted octanol–water partition coefficient (Wildman–Crippen LogP) is 2.56. The van der Waals surface area contributed by atoms with Gasteiger partial charge in [0, 0.05) is 19.6 Å². The Bertz CT molecular complexity index is 473. The van der Waals surface area contributed by atoms with Crippen LogP contribution >= 0.6 is 0 Å². The van der Waals surface area contributed by atoms with Crippen LogP contribution in [0.25, 0.3) is 0 Å². The fourth-order valence-electron chi connectivity index (χ4n) is 2.57. The standard InChI is InChI=1S/C15H24N4O/c1-4-7-17-13-10-16-9-12(18-13)14(20)19-8-5-6-15(2,3)11-19/h9-10H,4-8,11H2,1-3H3,(H,17,18). The van der Waals surface area contributed by atoms with Crippen molar-refractivity contribution in [1.29, 1.82) is 0 Å². The molecule has 0 bridgehead atoms. The normalized spacial score (nSPS) is 17.9. The maximum atomic E-state index is 12.5. The molecule has 1 amide bonds. The van der Waals surface area contributed by atoms with Crippen LogP contribution in [0.2, 0.25) is 0 Å². The molecule has 0 unspecified atom stereocenters. The molecule has 5 nitrogen and oxygen atoms in total. The molecule has 5 heteroatoms. The van der Waals surface area contributed by atoms with Gasteiger partial charge < -0.3 is 10.2 Å². The van der Waals surface area contributed by atoms with Gasteiger partial charge in [0.25, 0.3) is 5.91 Å². The summed E-state index contributed by atoms with van der Waals surface area (Å²) in [6, 6.07) is 0. The van der Waals surface area contributed by atoms with Crippen LogP contribution in [0.1, 0.15) is 50.5 Å². The lowest BCUT2D eigenvalue weighted by Crippen LogP contribution is -2.43. The van der Waals surface area contributed by atoms with Crippen molar-refractivity contribution in [1.82, 2.24) is 14.9 Å². The third-order valence-corrected chi connectivity index (χ3v) is 3.60. The first-order valence-corrected chi connectivity index (χ1v) is 7.37. The van der Waals surface area contributed by atoms with Crippen LogP contribution in [0.4, 0.5) is 5.82 Å². The summed E-state index contributed by atoms with van der Waals surface area (Å²) in [5.74, 6) is 0.666. The van der Waals surface area contributed by atoms with E-state index in [2.05, 4.69) is 36.1 Å². The number of carbonyl (C=O) groups is 1. The van der Waals surface area contributed by atoms with E-state index in [4.69, 9.17) is 0 Å². The maximum Gasteiger partial charge on any atom is 0.274 e. The lowest BCUT2D eigenvalue weighted by atomic mass is 9.84. The smallest absolute Gasteiger partial charge is 0.274 e. The minimum Gasteiger partial charge on any atom is -0.369 e. The SMILES string of the molecule is CCCNc1cncc(C(=O)N2CCCC(C)(C)C2)n1. The number of piperidine rings is 1. The first kappa shape index (κ1) is 14.8. The topological polar surface area (TPSA) is 58.1 Å². The van der Waals surface area contributed by atoms with E-state index in [1.165, 1.54) is 6.42 Å². The zero-order valence-corrected chi connectivity index (χ0v) is 12.6. The first-order chi connectivity index (χ1) is 9.52. The zero-order valence-electron chi connectivity index (χ0n) is 12.6. The number of amides is 1. The second-order valence-corrected chi connectivity index (χ2v) is 6.21. The minimum absolute atomic E-state index is 0.00887. The first-order valence-electron chi connectivity index (χ1n) is 7.37. The minimum atomic E-state index is -0.00887. The van der Waals surface area contributed by atoms with Gasteiger partial charge in [-0.1, -0.05) is 20.8 Å². The highest BCUT2D eigenvalue weighted by Crippen LogP contribution is 2.29. The van der Waals surface area contributed by atoms with E-state index in [-0.39, 0.29) is 11.3 Å². The molecule has 0 saturated carbocycles. The fourth-order valence-corrected chi connectivity index (χ4v) is 2.57. The monoisotopic (exact) mass is 276 g/mol. The molecule has 1 aromatic rings. The predicted molar refractivity (Wildman–Crippen MR) is 79.7 cm³/mol. The Morgan fingerprint density at radius 2 is 2.25 bits per heavy atom. The maximum absolute atomic E-state index is 12.5. The van der Waals surface area contributed by atoms with Crippen molar-refractivity contribution in [3.8, 4) is 0 Å². The number of hydrogen-bond donors (Lipinski definition) is 1. The molecule has 1 N–H and O–H groups in total. The highest BCUT2D eigenvalue weighted by atomic mass is 16.2. The second kappa shape index (κ2) is 6.20. The molecule has 0 aliphatic carbocycles. The number of rotatable bonds is 4. The molecule has 1 aromatic heterocycles. The van der Waals surface area contributed by atoms with Gasteiger partial charge in [0.15, 0.2) is 0 Å². The van der Waals surface area contributed by atoms with Crippen LogP contribution in [0.3, 0.4) is 0 Å². The van der Waals surface area contributed by atoms with Crippen LogP contribution in [0.5, 0.6) is 0 Å². The van der Waals surface area contributed by atoms with Gasteiger partial charge in [-0.05, 0) is 24.7 Å². The number of aromatic nitrogens is 2. The Balaban J connectivity index is 2.08. The Labute approximate surface area is 120 Å². The molecule has 1 fully saturated rings. The lowest BCUT2D eigenvalue weighted by Gasteiger charge is -2.37. The number of likely N-dealkylation sites (tertiary alicyclic amines) is 1. The van der Waals surface area contributed by atoms with Crippen molar-refractivity contribution >= 4 is 11.7 Å². The lowest BCUT2D eigenvalue weighted by molar-refractivity contribution is 0.0577. The van der Waals surface area contributed by atoms with Crippen molar-refractivity contribution in [2.45, 2.75) is 40.0 Å². The Kier molecular flexibility index (Phi) is 4.57. The molecule has 1 aliphatic rings. The summed E-state index contributed by atoms with van der Waals surface area (Å²) in [6.45, 7) is 8.94. The third-order valence-electron chi connectivity index (χ3n) is 3.60. The van der Waals surface area contributed by atoms with E-state index < -0.39 is 0 Å². The van der Waals surface area contributed by atoms with Crippen LogP contribution in [0.15, 0.2) is 12.4 Å². The van der Waals surface area contributed by atoms with E-state index in [0.717, 1.165) is 32.5 Å². The fraction of sp³-hybridized carbons (Fsp3) is 0.667. The number of anilines is 1. The third kappa shape index (κ3) is 3.68. The summed E-state index contributed by atoms with van der Waals surface area (Å²) in [5.41, 5.74) is 0.628. The van der Waals surface area contributed by atoms with Crippen LogP contribution < -0.4 is 5.32 Å². The Morgan fingerprint density at radius 3 is 2.95 bits per heavy atom. The molecule has 1 saturated heterocycles. The summed E-state index contributed by atoms with van der Waals surface area (Å²) >= 11 is 0. The van der Waals surface area contributed by atoms with Crippen LogP contribution in [-0.4, -0.2) is 40.4 Å². The Hall–Kier alpha value is -1.65. The van der Waals surface area contributed by atoms with Gasteiger partial charge in [-0.3, -0.25) is 9.78 Å². The molecule has 1 aliphatic heterocycles. The summed E-state index contributed by atoms with van der Waals surface area (Å²) in [6.07, 6.45) is 6.45. The summed E-state index contributed by atoms with van der Waals surface area (Å²) in [5, 5.41) is 3.16. The summed E-state index contributed by atoms with van der Waals surface area (Å²) in [7, 11) is 0. The van der Waals surface area contributed by atoms with Gasteiger partial charge >= 0.3 is 0 Å². The van der Waals surface area contributed by atoms with Crippen LogP contribution in [-0.2, 0) is 0 Å². The van der Waals surface area contributed by atoms with Gasteiger partial charge in [-0.15, -0.1) is 0 Å². The van der Waals surface area contributed by atoms with Crippen LogP contribution in [0, 0.1) is 5.41 Å². The van der Waals surface area contributed by atoms with Gasteiger partial charge in [-0.2, -0.15) is 0 Å². The molecule has 0 radical (unpaired) electrons. The number of carbonyl (C=O) groups excluding carboxylic acids is 1. The quantitative estimate of drug-likeness (QED) is 0.918. The van der Waals surface area contributed by atoms with Crippen molar-refractivity contribution in [2.75, 3.05) is 25.0 Å². The van der Waals surface area contributed by atoms with Gasteiger partial charge in [0.1, 0.15) is 11.5 Å². The zero-order chi connectivity index (χ0) is 14.6. The van der Waals surface area contributed by atoms with Crippen molar-refractivity contribution in [3.05, 3.63) is 18.1 Å². The Morgan fingerprint density at radius 1 is 1.45 bits per heavy atom. The van der Waals surface area contributed by atoms with Gasteiger partial charge in [0.2, 0.25) is 0 Å². The molecule has 2 rings (SSSR count). The molecule has 20 heavy (non-hydrogen) atoms. The number of hydrogen-bond acceptors (Lipinski definition) is 4. The van der Waals surface area contributed by atoms with Crippen molar-refractivity contribution in [3.63, 3.8) is 0 Å². The average Bonchev–Trinajstić information content (AvgIpc) is 2.43. The average molecular weight is 276 g/mol. The van der Waals surface area contributed by atoms with Crippen molar-refractivity contribution in [2.24, 2.45) is 5.41 Å². The highest BCUT2D eigenvalue weighted by Gasteiger charge is 2.30. The van der Waals surface area contributed by atoms with E-state index in [1.807, 2.05) is 4.90 Å². The molecular formula is C15H24N4O. The van der Waals surface area contributed by atoms with E-state index in [9.17, 15) is 4.79 Å². The van der Waals surface area contributed by atoms with E-state index in [1.54, 1.807) is 12.4 Å². The molecule has 0 spiro atoms. The molecular weight excluding hydrogens is 252 g/mol. The highest BCUT2D eigenvalue weighted by molar-refractivity contribution is 5.92. The summed E-state index contributed by atoms with van der Waals surface area (Å²) in [4.78, 5) is 22.9. The molecule has 110 valence electrons. The van der Waals surface area contributed by atoms with Gasteiger partial charge in [-0.25, -0.2) is 4.98 Å². The largest absolute Gasteiger partial charge is 0.369 e. The number of nitrogens with zero attached hydrogens (tertiary/aromatic N) is 3. The van der Waals surface area contributed by atoms with E-state index in [0.29, 0.717) is 11.5 Å². The summed E-state index contributed by atoms with van der Waals surface area (Å²) < 4.78 is 0. The van der Waals surface area contributed by atoms with Gasteiger partial charge in [0.05, 0.1) is 12.4 Å². The molecule has 0 aromatic carbocycles. The number of nitrogens with one attached hydrogen (secondary N) is 1. The van der Waals surface area contributed by atoms with Crippen molar-refractivity contribution < 1.29 is 4.79 Å². The molecule has 2 heterocycles. The second-order valence-electron chi connectivity index (χ2n) is 6.21. The van der Waals surface area contributed by atoms with E-state index >= 15 is 0 Å². The molecule has 0 atom stereocenters.